The smallest absolute Gasteiger partial charge is 0.237 e. The summed E-state index contributed by atoms with van der Waals surface area (Å²) in [5.74, 6) is 0. The van der Waals surface area contributed by atoms with Gasteiger partial charge in [0.2, 0.25) is 16.3 Å². The molecule has 2 aliphatic heterocycles. The van der Waals surface area contributed by atoms with Crippen LogP contribution < -0.4 is 36.5 Å². The molecule has 5 rings (SSSR count). The molecule has 0 N–H and O–H groups in total. The summed E-state index contributed by atoms with van der Waals surface area (Å²) in [6.45, 7) is 8.42. The second-order valence-electron chi connectivity index (χ2n) is 10.7. The van der Waals surface area contributed by atoms with E-state index in [1.165, 1.54) is 0 Å². The quantitative estimate of drug-likeness (QED) is 0.553. The molecule has 5 nitrogen and oxygen atoms in total. The van der Waals surface area contributed by atoms with Gasteiger partial charge in [-0.2, -0.15) is 0 Å². The van der Waals surface area contributed by atoms with Gasteiger partial charge in [0.25, 0.3) is 0 Å². The minimum Gasteiger partial charge on any atom is -0.367 e. The zero-order chi connectivity index (χ0) is 24.6. The van der Waals surface area contributed by atoms with Crippen molar-refractivity contribution in [1.29, 1.82) is 0 Å². The molecular formula is C29H30N2O3. The molecule has 2 heterocycles. The summed E-state index contributed by atoms with van der Waals surface area (Å²) in [7, 11) is 3.93. The molecule has 2 atom stereocenters. The Kier molecular flexibility index (Phi) is 4.77. The van der Waals surface area contributed by atoms with Crippen molar-refractivity contribution in [1.82, 2.24) is 0 Å². The fourth-order valence-corrected chi connectivity index (χ4v) is 6.09. The van der Waals surface area contributed by atoms with Crippen molar-refractivity contribution >= 4 is 23.5 Å². The molecule has 0 saturated heterocycles. The number of likely N-dealkylation sites (N-methyl/N-ethyl adjacent to an activating group) is 2. The van der Waals surface area contributed by atoms with Crippen LogP contribution in [0.1, 0.15) is 38.8 Å². The lowest BCUT2D eigenvalue weighted by Gasteiger charge is -2.29. The Labute approximate surface area is 199 Å². The van der Waals surface area contributed by atoms with Crippen LogP contribution in [0, 0.1) is 0 Å². The van der Waals surface area contributed by atoms with Gasteiger partial charge in [-0.3, -0.25) is 14.4 Å². The summed E-state index contributed by atoms with van der Waals surface area (Å²) in [5, 5.41) is -0.0186. The number of fused-ring (bicyclic) bond motifs is 2. The van der Waals surface area contributed by atoms with E-state index in [0.717, 1.165) is 22.5 Å². The Bertz CT molecular complexity index is 1460. The highest BCUT2D eigenvalue weighted by atomic mass is 16.2. The van der Waals surface area contributed by atoms with Gasteiger partial charge in [0.15, 0.2) is 0 Å². The van der Waals surface area contributed by atoms with Crippen LogP contribution in [0.4, 0.5) is 11.4 Å². The second-order valence-corrected chi connectivity index (χ2v) is 10.7. The molecular weight excluding hydrogens is 424 g/mol. The summed E-state index contributed by atoms with van der Waals surface area (Å²) < 4.78 is 0. The molecule has 174 valence electrons. The Hall–Kier alpha value is -3.47. The zero-order valence-corrected chi connectivity index (χ0v) is 20.5. The number of para-hydroxylation sites is 2. The van der Waals surface area contributed by atoms with Gasteiger partial charge in [0, 0.05) is 36.3 Å². The van der Waals surface area contributed by atoms with E-state index in [0.29, 0.717) is 0 Å². The van der Waals surface area contributed by atoms with Gasteiger partial charge >= 0.3 is 0 Å². The maximum Gasteiger partial charge on any atom is 0.237 e. The van der Waals surface area contributed by atoms with E-state index >= 15 is 0 Å². The fourth-order valence-electron chi connectivity index (χ4n) is 6.09. The first kappa shape index (κ1) is 22.3. The van der Waals surface area contributed by atoms with Crippen LogP contribution in [0.25, 0.3) is 12.2 Å². The van der Waals surface area contributed by atoms with Crippen molar-refractivity contribution in [3.63, 3.8) is 0 Å². The highest BCUT2D eigenvalue weighted by Gasteiger charge is 2.43. The maximum absolute atomic E-state index is 13.5. The summed E-state index contributed by atoms with van der Waals surface area (Å²) >= 11 is 0. The van der Waals surface area contributed by atoms with Crippen molar-refractivity contribution in [2.24, 2.45) is 0 Å². The molecule has 0 aliphatic carbocycles. The van der Waals surface area contributed by atoms with Gasteiger partial charge in [-0.1, -0.05) is 64.1 Å². The Morgan fingerprint density at radius 1 is 0.618 bits per heavy atom. The molecule has 2 unspecified atom stereocenters. The monoisotopic (exact) mass is 454 g/mol. The molecule has 3 aromatic carbocycles. The van der Waals surface area contributed by atoms with E-state index in [1.54, 1.807) is 12.2 Å². The lowest BCUT2D eigenvalue weighted by atomic mass is 9.80. The van der Waals surface area contributed by atoms with Crippen LogP contribution in [-0.4, -0.2) is 26.2 Å². The van der Waals surface area contributed by atoms with Gasteiger partial charge < -0.3 is 9.80 Å². The van der Waals surface area contributed by atoms with Crippen LogP contribution in [0.3, 0.4) is 0 Å². The lowest BCUT2D eigenvalue weighted by Crippen LogP contribution is -2.45. The van der Waals surface area contributed by atoms with Crippen molar-refractivity contribution in [3.05, 3.63) is 101 Å². The Morgan fingerprint density at radius 2 is 0.971 bits per heavy atom. The summed E-state index contributed by atoms with van der Waals surface area (Å²) in [6.07, 6.45) is 3.42. The van der Waals surface area contributed by atoms with Crippen molar-refractivity contribution in [2.45, 2.75) is 50.6 Å². The van der Waals surface area contributed by atoms with Crippen molar-refractivity contribution < 1.29 is 0 Å². The van der Waals surface area contributed by atoms with Gasteiger partial charge in [0.05, 0.1) is 22.5 Å². The zero-order valence-electron chi connectivity index (χ0n) is 20.5. The van der Waals surface area contributed by atoms with Crippen LogP contribution >= 0.6 is 0 Å². The maximum atomic E-state index is 13.5. The molecule has 0 fully saturated rings. The van der Waals surface area contributed by atoms with Crippen molar-refractivity contribution in [3.8, 4) is 0 Å². The van der Waals surface area contributed by atoms with Crippen LogP contribution in [-0.2, 0) is 10.8 Å². The lowest BCUT2D eigenvalue weighted by molar-refractivity contribution is 0.504. The molecule has 0 radical (unpaired) electrons. The number of hydrogen-bond acceptors (Lipinski definition) is 5. The first-order valence-corrected chi connectivity index (χ1v) is 11.7. The Balaban J connectivity index is 1.67. The highest BCUT2D eigenvalue weighted by molar-refractivity contribution is 5.69. The number of nitrogens with zero attached hydrogens (tertiary/aromatic N) is 2. The standard InChI is InChI=1S/C29H30N2O3/c1-28(2)19-11-7-9-13-21(19)30(5)23(28)15-17-25(32)18(27(34)26(17)33)16-24-29(3,4)20-12-8-10-14-22(20)31(24)6/h7-16,23-24H,1-6H3/b17-15-,18-16-. The van der Waals surface area contributed by atoms with Gasteiger partial charge in [-0.15, -0.1) is 0 Å². The number of anilines is 2. The first-order valence-electron chi connectivity index (χ1n) is 11.7. The minimum absolute atomic E-state index is 0.00930. The fraction of sp³-hybridized carbons (Fsp3) is 0.345. The van der Waals surface area contributed by atoms with Crippen molar-refractivity contribution in [2.75, 3.05) is 23.9 Å². The predicted octanol–water partition coefficient (Wildman–Crippen LogP) is 1.80. The normalized spacial score (nSPS) is 23.5. The molecule has 5 heteroatoms. The summed E-state index contributed by atoms with van der Waals surface area (Å²) in [5.41, 5.74) is 1.96. The topological polar surface area (TPSA) is 57.7 Å². The third-order valence-electron chi connectivity index (χ3n) is 8.10. The van der Waals surface area contributed by atoms with Crippen LogP contribution in [0.2, 0.25) is 0 Å². The highest BCUT2D eigenvalue weighted by Crippen LogP contribution is 2.45. The molecule has 3 aromatic rings. The predicted molar refractivity (Wildman–Crippen MR) is 139 cm³/mol. The third kappa shape index (κ3) is 2.89. The number of benzene rings is 2. The molecule has 2 aliphatic rings. The van der Waals surface area contributed by atoms with E-state index < -0.39 is 16.3 Å². The molecule has 0 amide bonds. The molecule has 0 saturated carbocycles. The molecule has 34 heavy (non-hydrogen) atoms. The van der Waals surface area contributed by atoms with Gasteiger partial charge in [0.1, 0.15) is 0 Å². The van der Waals surface area contributed by atoms with E-state index in [-0.39, 0.29) is 33.4 Å². The minimum atomic E-state index is -0.702. The van der Waals surface area contributed by atoms with Crippen LogP contribution in [0.5, 0.6) is 0 Å². The van der Waals surface area contributed by atoms with E-state index in [2.05, 4.69) is 49.6 Å². The third-order valence-corrected chi connectivity index (χ3v) is 8.10. The molecule has 0 aromatic heterocycles. The largest absolute Gasteiger partial charge is 0.367 e. The van der Waals surface area contributed by atoms with Crippen LogP contribution in [0.15, 0.2) is 62.9 Å². The van der Waals surface area contributed by atoms with E-state index in [4.69, 9.17) is 0 Å². The van der Waals surface area contributed by atoms with Gasteiger partial charge in [-0.25, -0.2) is 0 Å². The summed E-state index contributed by atoms with van der Waals surface area (Å²) in [4.78, 5) is 43.7. The Morgan fingerprint density at radius 3 is 1.32 bits per heavy atom. The van der Waals surface area contributed by atoms with Gasteiger partial charge in [-0.05, 0) is 35.4 Å². The SMILES string of the molecule is CN1c2ccccc2C(C)(C)C1/C=c1\c(=O)c(=O)/c(=C\C2N(C)c3ccccc3C2(C)C)c1=O. The first-order chi connectivity index (χ1) is 16.0. The molecule has 0 spiro atoms. The average molecular weight is 455 g/mol. The molecule has 0 bridgehead atoms. The van der Waals surface area contributed by atoms with E-state index in [9.17, 15) is 14.4 Å². The second kappa shape index (κ2) is 7.26. The number of hydrogen-bond donors (Lipinski definition) is 0. The summed E-state index contributed by atoms with van der Waals surface area (Å²) in [6, 6.07) is 15.8. The number of rotatable bonds is 2. The van der Waals surface area contributed by atoms with E-state index in [1.807, 2.05) is 50.5 Å². The average Bonchev–Trinajstić information content (AvgIpc) is 3.22.